The molecule has 2 heterocycles. The molecule has 6 heteroatoms. The quantitative estimate of drug-likeness (QED) is 0.924. The topological polar surface area (TPSA) is 65.4 Å². The van der Waals surface area contributed by atoms with Gasteiger partial charge in [-0.15, -0.1) is 0 Å². The molecule has 1 N–H and O–H groups in total. The highest BCUT2D eigenvalue weighted by Crippen LogP contribution is 2.43. The molecule has 4 rings (SSSR count). The number of ether oxygens (including phenoxy) is 2. The molecule has 6 nitrogen and oxygen atoms in total. The summed E-state index contributed by atoms with van der Waals surface area (Å²) in [5, 5.41) is 7.66. The molecule has 25 heavy (non-hydrogen) atoms. The zero-order chi connectivity index (χ0) is 17.4. The van der Waals surface area contributed by atoms with Crippen LogP contribution < -0.4 is 14.8 Å². The number of rotatable bonds is 4. The first-order valence-corrected chi connectivity index (χ1v) is 8.80. The maximum Gasteiger partial charge on any atom is 0.226 e. The van der Waals surface area contributed by atoms with Crippen molar-refractivity contribution in [2.45, 2.75) is 44.1 Å². The first-order valence-electron chi connectivity index (χ1n) is 8.80. The number of aromatic nitrogens is 2. The van der Waals surface area contributed by atoms with Crippen molar-refractivity contribution < 1.29 is 14.3 Å². The number of nitrogens with one attached hydrogen (secondary N) is 1. The van der Waals surface area contributed by atoms with Gasteiger partial charge in [-0.3, -0.25) is 4.79 Å². The minimum absolute atomic E-state index is 0.0233. The van der Waals surface area contributed by atoms with Crippen LogP contribution in [0.5, 0.6) is 11.5 Å². The van der Waals surface area contributed by atoms with E-state index in [1.54, 1.807) is 14.2 Å². The van der Waals surface area contributed by atoms with Crippen molar-refractivity contribution in [3.63, 3.8) is 0 Å². The number of hydrogen-bond acceptors (Lipinski definition) is 4. The zero-order valence-electron chi connectivity index (χ0n) is 14.6. The van der Waals surface area contributed by atoms with Gasteiger partial charge >= 0.3 is 0 Å². The van der Waals surface area contributed by atoms with Crippen LogP contribution in [0, 0.1) is 0 Å². The molecule has 1 atom stereocenters. The van der Waals surface area contributed by atoms with Crippen LogP contribution in [0.1, 0.15) is 55.2 Å². The van der Waals surface area contributed by atoms with E-state index in [-0.39, 0.29) is 11.8 Å². The van der Waals surface area contributed by atoms with Gasteiger partial charge in [0.15, 0.2) is 0 Å². The van der Waals surface area contributed by atoms with E-state index >= 15 is 0 Å². The highest BCUT2D eigenvalue weighted by atomic mass is 16.5. The first-order chi connectivity index (χ1) is 12.2. The van der Waals surface area contributed by atoms with Crippen LogP contribution in [0.2, 0.25) is 0 Å². The predicted molar refractivity (Wildman–Crippen MR) is 94.4 cm³/mol. The monoisotopic (exact) mass is 341 g/mol. The van der Waals surface area contributed by atoms with E-state index in [2.05, 4.69) is 10.4 Å². The summed E-state index contributed by atoms with van der Waals surface area (Å²) in [5.74, 6) is 2.29. The molecule has 1 aromatic heterocycles. The predicted octanol–water partition coefficient (Wildman–Crippen LogP) is 3.49. The van der Waals surface area contributed by atoms with Gasteiger partial charge in [0.25, 0.3) is 0 Å². The van der Waals surface area contributed by atoms with Crippen LogP contribution in [0.15, 0.2) is 24.4 Å². The number of methoxy groups -OCH3 is 2. The largest absolute Gasteiger partial charge is 0.497 e. The van der Waals surface area contributed by atoms with E-state index in [0.717, 1.165) is 41.3 Å². The normalized spacial score (nSPS) is 20.2. The van der Waals surface area contributed by atoms with Crippen LogP contribution in [0.25, 0.3) is 0 Å². The van der Waals surface area contributed by atoms with E-state index in [1.807, 2.05) is 29.1 Å². The van der Waals surface area contributed by atoms with E-state index in [4.69, 9.17) is 9.47 Å². The van der Waals surface area contributed by atoms with Crippen LogP contribution >= 0.6 is 0 Å². The Hall–Kier alpha value is -2.50. The Bertz CT molecular complexity index is 793. The lowest BCUT2D eigenvalue weighted by atomic mass is 9.86. The molecule has 132 valence electrons. The molecule has 1 aliphatic carbocycles. The van der Waals surface area contributed by atoms with Crippen LogP contribution in [-0.4, -0.2) is 29.9 Å². The number of nitrogens with zero attached hydrogens (tertiary/aromatic N) is 2. The summed E-state index contributed by atoms with van der Waals surface area (Å²) in [4.78, 5) is 12.4. The minimum Gasteiger partial charge on any atom is -0.497 e. The third-order valence-electron chi connectivity index (χ3n) is 5.33. The summed E-state index contributed by atoms with van der Waals surface area (Å²) in [6.07, 6.45) is 7.00. The number of amides is 1. The Morgan fingerprint density at radius 1 is 1.16 bits per heavy atom. The Kier molecular flexibility index (Phi) is 4.11. The van der Waals surface area contributed by atoms with Gasteiger partial charge < -0.3 is 14.8 Å². The molecule has 0 unspecified atom stereocenters. The molecule has 1 aromatic carbocycles. The molecule has 1 amide bonds. The molecule has 0 radical (unpaired) electrons. The molecule has 1 saturated carbocycles. The van der Waals surface area contributed by atoms with Gasteiger partial charge in [-0.25, -0.2) is 4.68 Å². The second-order valence-corrected chi connectivity index (χ2v) is 6.74. The second-order valence-electron chi connectivity index (χ2n) is 6.74. The maximum atomic E-state index is 12.4. The molecule has 0 saturated heterocycles. The van der Waals surface area contributed by atoms with Gasteiger partial charge in [0.1, 0.15) is 17.3 Å². The van der Waals surface area contributed by atoms with Gasteiger partial charge in [0.2, 0.25) is 5.91 Å². The van der Waals surface area contributed by atoms with Crippen LogP contribution in [0.4, 0.5) is 5.82 Å². The fourth-order valence-corrected chi connectivity index (χ4v) is 4.05. The van der Waals surface area contributed by atoms with Crippen molar-refractivity contribution in [1.82, 2.24) is 9.78 Å². The van der Waals surface area contributed by atoms with Crippen LogP contribution in [-0.2, 0) is 4.79 Å². The lowest BCUT2D eigenvalue weighted by molar-refractivity contribution is -0.116. The van der Waals surface area contributed by atoms with Crippen molar-refractivity contribution in [1.29, 1.82) is 0 Å². The number of anilines is 1. The van der Waals surface area contributed by atoms with E-state index in [1.165, 1.54) is 12.8 Å². The maximum absolute atomic E-state index is 12.4. The van der Waals surface area contributed by atoms with Gasteiger partial charge in [-0.1, -0.05) is 18.9 Å². The van der Waals surface area contributed by atoms with Crippen molar-refractivity contribution >= 4 is 11.7 Å². The average Bonchev–Trinajstić information content (AvgIpc) is 3.29. The Labute approximate surface area is 147 Å². The SMILES string of the molecule is COc1ccc([C@H]2CC(=O)Nc3c2cnn3C2CCCC2)c(OC)c1. The summed E-state index contributed by atoms with van der Waals surface area (Å²) in [6, 6.07) is 6.15. The number of carbonyl (C=O) groups is 1. The fraction of sp³-hybridized carbons (Fsp3) is 0.474. The Balaban J connectivity index is 1.77. The first kappa shape index (κ1) is 16.0. The summed E-state index contributed by atoms with van der Waals surface area (Å²) < 4.78 is 12.9. The van der Waals surface area contributed by atoms with Gasteiger partial charge in [0, 0.05) is 29.5 Å². The van der Waals surface area contributed by atoms with Crippen molar-refractivity contribution in [2.75, 3.05) is 19.5 Å². The average molecular weight is 341 g/mol. The summed E-state index contributed by atoms with van der Waals surface area (Å²) in [6.45, 7) is 0. The van der Waals surface area contributed by atoms with Gasteiger partial charge in [-0.05, 0) is 18.9 Å². The summed E-state index contributed by atoms with van der Waals surface area (Å²) in [5.41, 5.74) is 2.06. The van der Waals surface area contributed by atoms with E-state index < -0.39 is 0 Å². The lowest BCUT2D eigenvalue weighted by Gasteiger charge is -2.26. The molecule has 1 fully saturated rings. The highest BCUT2D eigenvalue weighted by Gasteiger charge is 2.33. The van der Waals surface area contributed by atoms with E-state index in [9.17, 15) is 4.79 Å². The molecule has 1 aliphatic heterocycles. The number of carbonyl (C=O) groups excluding carboxylic acids is 1. The highest BCUT2D eigenvalue weighted by molar-refractivity contribution is 5.94. The van der Waals surface area contributed by atoms with Crippen LogP contribution in [0.3, 0.4) is 0 Å². The van der Waals surface area contributed by atoms with E-state index in [0.29, 0.717) is 12.5 Å². The number of fused-ring (bicyclic) bond motifs is 1. The molecular weight excluding hydrogens is 318 g/mol. The number of hydrogen-bond donors (Lipinski definition) is 1. The summed E-state index contributed by atoms with van der Waals surface area (Å²) in [7, 11) is 3.27. The molecule has 2 aromatic rings. The Morgan fingerprint density at radius 2 is 1.96 bits per heavy atom. The van der Waals surface area contributed by atoms with Gasteiger partial charge in [-0.2, -0.15) is 5.10 Å². The van der Waals surface area contributed by atoms with Crippen molar-refractivity contribution in [3.05, 3.63) is 35.5 Å². The molecule has 0 spiro atoms. The standard InChI is InChI=1S/C19H23N3O3/c1-24-13-7-8-14(17(9-13)25-2)15-10-18(23)21-19-16(15)11-20-22(19)12-5-3-4-6-12/h7-9,11-12,15H,3-6,10H2,1-2H3,(H,21,23)/t15-/m1/s1. The third-order valence-corrected chi connectivity index (χ3v) is 5.33. The zero-order valence-corrected chi connectivity index (χ0v) is 14.6. The fourth-order valence-electron chi connectivity index (χ4n) is 4.05. The smallest absolute Gasteiger partial charge is 0.226 e. The number of benzene rings is 1. The lowest BCUT2D eigenvalue weighted by Crippen LogP contribution is -2.25. The molecule has 0 bridgehead atoms. The van der Waals surface area contributed by atoms with Gasteiger partial charge in [0.05, 0.1) is 26.5 Å². The van der Waals surface area contributed by atoms with Crippen molar-refractivity contribution in [3.8, 4) is 11.5 Å². The van der Waals surface area contributed by atoms with Crippen molar-refractivity contribution in [2.24, 2.45) is 0 Å². The molecule has 2 aliphatic rings. The second kappa shape index (κ2) is 6.43. The molecular formula is C19H23N3O3. The minimum atomic E-state index is -0.0558. The third kappa shape index (κ3) is 2.75. The summed E-state index contributed by atoms with van der Waals surface area (Å²) >= 11 is 0. The Morgan fingerprint density at radius 3 is 2.68 bits per heavy atom.